The maximum Gasteiger partial charge on any atom is 0.251 e. The van der Waals surface area contributed by atoms with Gasteiger partial charge in [-0.3, -0.25) is 0 Å². The van der Waals surface area contributed by atoms with E-state index in [1.165, 1.54) is 13.3 Å². The lowest BCUT2D eigenvalue weighted by atomic mass is 9.98. The Morgan fingerprint density at radius 3 is 2.34 bits per heavy atom. The Balaban J connectivity index is 1.83. The summed E-state index contributed by atoms with van der Waals surface area (Å²) in [6, 6.07) is 7.31. The predicted molar refractivity (Wildman–Crippen MR) is 117 cm³/mol. The molecule has 2 heterocycles. The molecule has 1 unspecified atom stereocenters. The largest absolute Gasteiger partial charge is 0.394 e. The number of hydrogen-bond donors (Lipinski definition) is 5. The van der Waals surface area contributed by atoms with Gasteiger partial charge in [-0.2, -0.15) is 9.98 Å². The Labute approximate surface area is 187 Å². The second kappa shape index (κ2) is 10.3. The highest BCUT2D eigenvalue weighted by molar-refractivity contribution is 7.93. The van der Waals surface area contributed by atoms with Crippen LogP contribution in [0.5, 0.6) is 0 Å². The number of nitrogens with one attached hydrogen (secondary N) is 1. The minimum Gasteiger partial charge on any atom is -0.394 e. The number of rotatable bonds is 6. The molecule has 2 saturated heterocycles. The fourth-order valence-corrected chi connectivity index (χ4v) is 5.39. The van der Waals surface area contributed by atoms with E-state index in [-0.39, 0.29) is 5.57 Å². The predicted octanol–water partition coefficient (Wildman–Crippen LogP) is -0.349. The van der Waals surface area contributed by atoms with Gasteiger partial charge < -0.3 is 30.1 Å². The number of piperidine rings is 1. The van der Waals surface area contributed by atoms with E-state index >= 15 is 0 Å². The van der Waals surface area contributed by atoms with E-state index in [1.807, 2.05) is 12.1 Å². The van der Waals surface area contributed by atoms with Crippen LogP contribution in [0.25, 0.3) is 5.57 Å². The molecule has 0 aliphatic carbocycles. The zero-order valence-electron chi connectivity index (χ0n) is 17.8. The SMILES string of the molecule is C/C(=C(/C#N)S(=O)(=O)N[C@H]1C(O)O[C@H](CO)[C@@H](O)[C@@H]1O)c1ccc(N2CCCCC2)cc1. The molecule has 2 fully saturated rings. The standard InChI is InChI=1S/C21H29N3O7S/c1-13(14-5-7-15(8-6-14)24-9-3-2-4-10-24)17(11-22)32(29,30)23-18-20(27)19(26)16(12-25)31-21(18)28/h5-8,16,18-21,23,25-28H,2-4,9-10,12H2,1H3/b17-13+/t16-,18-,19-,20-,21?/m1/s1. The molecule has 0 aromatic heterocycles. The lowest BCUT2D eigenvalue weighted by Gasteiger charge is -2.40. The van der Waals surface area contributed by atoms with Gasteiger partial charge in [0.05, 0.1) is 6.61 Å². The molecule has 0 amide bonds. The number of nitrogens with zero attached hydrogens (tertiary/aromatic N) is 2. The summed E-state index contributed by atoms with van der Waals surface area (Å²) < 4.78 is 32.8. The van der Waals surface area contributed by atoms with Crippen molar-refractivity contribution in [2.75, 3.05) is 24.6 Å². The van der Waals surface area contributed by atoms with Crippen molar-refractivity contribution in [2.45, 2.75) is 56.8 Å². The minimum atomic E-state index is -4.48. The average Bonchev–Trinajstić information content (AvgIpc) is 2.80. The van der Waals surface area contributed by atoms with Gasteiger partial charge in [0.25, 0.3) is 10.0 Å². The fraction of sp³-hybridized carbons (Fsp3) is 0.571. The quantitative estimate of drug-likeness (QED) is 0.352. The molecular weight excluding hydrogens is 438 g/mol. The maximum atomic E-state index is 12.9. The highest BCUT2D eigenvalue weighted by Crippen LogP contribution is 2.27. The lowest BCUT2D eigenvalue weighted by Crippen LogP contribution is -2.64. The molecule has 176 valence electrons. The van der Waals surface area contributed by atoms with Crippen LogP contribution in [0.4, 0.5) is 5.69 Å². The molecule has 0 saturated carbocycles. The van der Waals surface area contributed by atoms with Gasteiger partial charge in [-0.05, 0) is 49.5 Å². The lowest BCUT2D eigenvalue weighted by molar-refractivity contribution is -0.251. The van der Waals surface area contributed by atoms with Gasteiger partial charge in [0.2, 0.25) is 0 Å². The van der Waals surface area contributed by atoms with Gasteiger partial charge in [-0.15, -0.1) is 0 Å². The zero-order valence-corrected chi connectivity index (χ0v) is 18.6. The highest BCUT2D eigenvalue weighted by atomic mass is 32.2. The number of benzene rings is 1. The first-order chi connectivity index (χ1) is 15.2. The number of allylic oxidation sites excluding steroid dienone is 2. The third kappa shape index (κ3) is 5.13. The molecule has 2 aliphatic heterocycles. The summed E-state index contributed by atoms with van der Waals surface area (Å²) >= 11 is 0. The minimum absolute atomic E-state index is 0.194. The molecule has 11 heteroatoms. The van der Waals surface area contributed by atoms with E-state index in [1.54, 1.807) is 18.2 Å². The zero-order chi connectivity index (χ0) is 23.5. The van der Waals surface area contributed by atoms with Crippen molar-refractivity contribution < 1.29 is 33.6 Å². The van der Waals surface area contributed by atoms with Crippen molar-refractivity contribution in [1.82, 2.24) is 4.72 Å². The number of anilines is 1. The first kappa shape index (κ1) is 24.6. The molecule has 1 aromatic rings. The summed E-state index contributed by atoms with van der Waals surface area (Å²) in [5.74, 6) is 0. The molecule has 0 radical (unpaired) electrons. The van der Waals surface area contributed by atoms with Crippen LogP contribution >= 0.6 is 0 Å². The van der Waals surface area contributed by atoms with E-state index < -0.39 is 52.2 Å². The van der Waals surface area contributed by atoms with Gasteiger partial charge in [0.1, 0.15) is 30.4 Å². The van der Waals surface area contributed by atoms with E-state index in [4.69, 9.17) is 9.84 Å². The second-order valence-corrected chi connectivity index (χ2v) is 9.69. The van der Waals surface area contributed by atoms with Crippen LogP contribution in [0.2, 0.25) is 0 Å². The van der Waals surface area contributed by atoms with E-state index in [0.717, 1.165) is 31.6 Å². The van der Waals surface area contributed by atoms with Crippen LogP contribution < -0.4 is 9.62 Å². The number of hydrogen-bond acceptors (Lipinski definition) is 9. The van der Waals surface area contributed by atoms with Gasteiger partial charge in [0, 0.05) is 18.8 Å². The van der Waals surface area contributed by atoms with Crippen molar-refractivity contribution in [3.63, 3.8) is 0 Å². The number of ether oxygens (including phenoxy) is 1. The number of nitriles is 1. The molecule has 10 nitrogen and oxygen atoms in total. The molecule has 32 heavy (non-hydrogen) atoms. The number of sulfonamides is 1. The smallest absolute Gasteiger partial charge is 0.251 e. The van der Waals surface area contributed by atoms with E-state index in [9.17, 15) is 29.0 Å². The van der Waals surface area contributed by atoms with E-state index in [0.29, 0.717) is 5.56 Å². The van der Waals surface area contributed by atoms with Crippen molar-refractivity contribution in [3.05, 3.63) is 34.7 Å². The van der Waals surface area contributed by atoms with Gasteiger partial charge in [0.15, 0.2) is 11.2 Å². The molecule has 0 bridgehead atoms. The first-order valence-corrected chi connectivity index (χ1v) is 12.0. The summed E-state index contributed by atoms with van der Waals surface area (Å²) in [4.78, 5) is 1.67. The number of aliphatic hydroxyl groups excluding tert-OH is 4. The maximum absolute atomic E-state index is 12.9. The first-order valence-electron chi connectivity index (χ1n) is 10.5. The molecule has 1 aromatic carbocycles. The Morgan fingerprint density at radius 1 is 1.16 bits per heavy atom. The topological polar surface area (TPSA) is 163 Å². The van der Waals surface area contributed by atoms with Gasteiger partial charge in [-0.1, -0.05) is 12.1 Å². The van der Waals surface area contributed by atoms with Crippen molar-refractivity contribution in [1.29, 1.82) is 5.26 Å². The van der Waals surface area contributed by atoms with Gasteiger partial charge in [-0.25, -0.2) is 8.42 Å². The van der Waals surface area contributed by atoms with Crippen LogP contribution in [0, 0.1) is 11.3 Å². The summed E-state index contributed by atoms with van der Waals surface area (Å²) in [7, 11) is -4.48. The Kier molecular flexibility index (Phi) is 7.89. The van der Waals surface area contributed by atoms with Crippen LogP contribution in [0.1, 0.15) is 31.7 Å². The molecule has 2 aliphatic rings. The summed E-state index contributed by atoms with van der Waals surface area (Å²) in [6.45, 7) is 2.75. The third-order valence-electron chi connectivity index (χ3n) is 5.92. The Morgan fingerprint density at radius 2 is 1.78 bits per heavy atom. The normalized spacial score (nSPS) is 29.9. The van der Waals surface area contributed by atoms with Crippen LogP contribution in [0.15, 0.2) is 29.2 Å². The summed E-state index contributed by atoms with van der Waals surface area (Å²) in [5, 5.41) is 48.9. The van der Waals surface area contributed by atoms with Crippen molar-refractivity contribution in [3.8, 4) is 6.07 Å². The Hall–Kier alpha value is -2.04. The van der Waals surface area contributed by atoms with Crippen molar-refractivity contribution in [2.24, 2.45) is 0 Å². The number of aliphatic hydroxyl groups is 4. The summed E-state index contributed by atoms with van der Waals surface area (Å²) in [5.41, 5.74) is 1.76. The van der Waals surface area contributed by atoms with Crippen LogP contribution in [0.3, 0.4) is 0 Å². The molecular formula is C21H29N3O7S. The Bertz CT molecular complexity index is 968. The molecule has 0 spiro atoms. The second-order valence-electron chi connectivity index (χ2n) is 8.04. The average molecular weight is 468 g/mol. The molecule has 3 rings (SSSR count). The van der Waals surface area contributed by atoms with Gasteiger partial charge >= 0.3 is 0 Å². The summed E-state index contributed by atoms with van der Waals surface area (Å²) in [6.07, 6.45) is -3.03. The van der Waals surface area contributed by atoms with Crippen LogP contribution in [-0.4, -0.2) is 79.2 Å². The highest BCUT2D eigenvalue weighted by Gasteiger charge is 2.45. The monoisotopic (exact) mass is 467 g/mol. The van der Waals surface area contributed by atoms with E-state index in [2.05, 4.69) is 9.62 Å². The van der Waals surface area contributed by atoms with Crippen molar-refractivity contribution >= 4 is 21.3 Å². The third-order valence-corrected chi connectivity index (χ3v) is 7.44. The fourth-order valence-electron chi connectivity index (χ4n) is 4.01. The molecule has 5 atom stereocenters. The van der Waals surface area contributed by atoms with Crippen LogP contribution in [-0.2, 0) is 14.8 Å². The molecule has 5 N–H and O–H groups in total.